The molecule has 0 saturated carbocycles. The smallest absolute Gasteiger partial charge is 0.120 e. The molecule has 0 atom stereocenters. The first-order chi connectivity index (χ1) is 30.0. The van der Waals surface area contributed by atoms with E-state index in [1.54, 1.807) is 0 Å². The zero-order valence-electron chi connectivity index (χ0n) is 39.1. The summed E-state index contributed by atoms with van der Waals surface area (Å²) in [4.78, 5) is 9.42. The molecular formula is C56H52IrN2OSi-2. The zero-order valence-corrected chi connectivity index (χ0v) is 39.5. The van der Waals surface area contributed by atoms with Gasteiger partial charge in [-0.1, -0.05) is 147 Å². The number of pyridine rings is 2. The van der Waals surface area contributed by atoms with Crippen molar-refractivity contribution in [2.75, 3.05) is 0 Å². The second kappa shape index (κ2) is 18.5. The Morgan fingerprint density at radius 2 is 1.38 bits per heavy atom. The normalized spacial score (nSPS) is 12.5. The molecule has 0 aliphatic heterocycles. The average Bonchev–Trinajstić information content (AvgIpc) is 3.65. The number of aromatic nitrogens is 2. The Morgan fingerprint density at radius 3 is 2.08 bits per heavy atom. The molecule has 0 bridgehead atoms. The standard InChI is InChI=1S/C33H26NO.C23H26NSi.Ir/c1-21-16-22(2)32(23(3)17-21)26-14-15-34-30(20-26)28-11-7-10-27-29-19-25(12-13-31(29)35-33(27)28)18-24-8-5-4-6-9-24;1-17(2)21-15-22(24-16-23(21)25(3,4)5)20-13-9-12-19(14-20)18-10-7-6-8-11-18;/h4-10,12-17,19-20H,18H2,1-3H3;6-12,14-17H,1-5H3;/q2*-1;/i18D2;17D;. The van der Waals surface area contributed by atoms with Gasteiger partial charge in [0.05, 0.1) is 13.7 Å². The minimum atomic E-state index is -1.62. The number of furan rings is 1. The SMILES string of the molecule is [2H]C(C)(C)c1cc(-c2[c-]ccc(-c3ccccc3)c2)ncc1[Si](C)(C)C.[2H]C([2H])(c1ccccc1)c1ccc2oc3c(-c4cc(-c5c(C)cc(C)cc5C)ccn4)[c-]ccc3c2c1.[Ir]. The first kappa shape index (κ1) is 39.4. The van der Waals surface area contributed by atoms with Gasteiger partial charge in [0.25, 0.3) is 0 Å². The van der Waals surface area contributed by atoms with Gasteiger partial charge in [-0.2, -0.15) is 0 Å². The number of hydrogen-bond donors (Lipinski definition) is 0. The fourth-order valence-electron chi connectivity index (χ4n) is 8.09. The molecule has 0 spiro atoms. The Labute approximate surface area is 380 Å². The number of benzene rings is 6. The summed E-state index contributed by atoms with van der Waals surface area (Å²) in [6.45, 7) is 17.2. The average molecular weight is 992 g/mol. The molecule has 3 heterocycles. The van der Waals surface area contributed by atoms with E-state index >= 15 is 0 Å². The summed E-state index contributed by atoms with van der Waals surface area (Å²) in [5.41, 5.74) is 15.6. The fourth-order valence-corrected chi connectivity index (χ4v) is 9.68. The molecule has 307 valence electrons. The molecule has 0 fully saturated rings. The number of hydrogen-bond acceptors (Lipinski definition) is 3. The summed E-state index contributed by atoms with van der Waals surface area (Å²) in [7, 11) is -1.57. The molecule has 9 rings (SSSR count). The molecule has 0 aliphatic carbocycles. The van der Waals surface area contributed by atoms with Gasteiger partial charge in [0.2, 0.25) is 0 Å². The van der Waals surface area contributed by atoms with Crippen LogP contribution in [0.4, 0.5) is 0 Å². The van der Waals surface area contributed by atoms with E-state index in [-0.39, 0.29) is 20.1 Å². The van der Waals surface area contributed by atoms with Crippen molar-refractivity contribution in [3.63, 3.8) is 0 Å². The zero-order chi connectivity index (χ0) is 44.7. The van der Waals surface area contributed by atoms with Crippen LogP contribution < -0.4 is 5.19 Å². The largest absolute Gasteiger partial charge is 0.501 e. The Bertz CT molecular complexity index is 3070. The molecule has 0 N–H and O–H groups in total. The Balaban J connectivity index is 0.000000201. The van der Waals surface area contributed by atoms with E-state index in [1.165, 1.54) is 33.0 Å². The van der Waals surface area contributed by atoms with Crippen LogP contribution in [0, 0.1) is 32.9 Å². The van der Waals surface area contributed by atoms with Crippen LogP contribution in [0.1, 0.15) is 57.2 Å². The predicted molar refractivity (Wildman–Crippen MR) is 256 cm³/mol. The van der Waals surface area contributed by atoms with Crippen LogP contribution in [0.5, 0.6) is 0 Å². The summed E-state index contributed by atoms with van der Waals surface area (Å²) in [6.07, 6.45) is 2.21. The summed E-state index contributed by atoms with van der Waals surface area (Å²) in [6, 6.07) is 52.5. The summed E-state index contributed by atoms with van der Waals surface area (Å²) >= 11 is 0. The number of fused-ring (bicyclic) bond motifs is 3. The molecule has 6 aromatic carbocycles. The predicted octanol–water partition coefficient (Wildman–Crippen LogP) is 14.5. The van der Waals surface area contributed by atoms with Crippen molar-refractivity contribution in [2.45, 2.75) is 66.5 Å². The van der Waals surface area contributed by atoms with E-state index in [9.17, 15) is 0 Å². The van der Waals surface area contributed by atoms with Crippen LogP contribution >= 0.6 is 0 Å². The summed E-state index contributed by atoms with van der Waals surface area (Å²) in [5.74, 6) is -0.648. The summed E-state index contributed by atoms with van der Waals surface area (Å²) in [5, 5.41) is 3.06. The Kier molecular flexibility index (Phi) is 12.0. The van der Waals surface area contributed by atoms with Crippen LogP contribution in [0.15, 0.2) is 156 Å². The molecule has 3 aromatic heterocycles. The van der Waals surface area contributed by atoms with Crippen LogP contribution in [-0.4, -0.2) is 18.0 Å². The number of aryl methyl sites for hydroxylation is 3. The van der Waals surface area contributed by atoms with Crippen molar-refractivity contribution >= 4 is 35.2 Å². The maximum Gasteiger partial charge on any atom is 0.120 e. The molecule has 0 saturated heterocycles. The monoisotopic (exact) mass is 992 g/mol. The second-order valence-electron chi connectivity index (χ2n) is 16.8. The third-order valence-corrected chi connectivity index (χ3v) is 12.9. The third-order valence-electron chi connectivity index (χ3n) is 10.9. The minimum Gasteiger partial charge on any atom is -0.501 e. The molecule has 1 radical (unpaired) electrons. The van der Waals surface area contributed by atoms with Crippen molar-refractivity contribution in [3.05, 3.63) is 197 Å². The van der Waals surface area contributed by atoms with Crippen LogP contribution in [-0.2, 0) is 26.5 Å². The molecule has 5 heteroatoms. The van der Waals surface area contributed by atoms with Crippen molar-refractivity contribution in [2.24, 2.45) is 0 Å². The number of nitrogens with zero attached hydrogens (tertiary/aromatic N) is 2. The Hall–Kier alpha value is -5.71. The topological polar surface area (TPSA) is 38.9 Å². The molecule has 0 amide bonds. The fraction of sp³-hybridized carbons (Fsp3) is 0.179. The molecule has 61 heavy (non-hydrogen) atoms. The van der Waals surface area contributed by atoms with Gasteiger partial charge in [-0.15, -0.1) is 53.6 Å². The van der Waals surface area contributed by atoms with Crippen molar-refractivity contribution in [1.82, 2.24) is 9.97 Å². The summed E-state index contributed by atoms with van der Waals surface area (Å²) < 4.78 is 32.5. The van der Waals surface area contributed by atoms with Gasteiger partial charge in [0, 0.05) is 42.0 Å². The van der Waals surface area contributed by atoms with E-state index in [1.807, 2.05) is 117 Å². The quantitative estimate of drug-likeness (QED) is 0.112. The van der Waals surface area contributed by atoms with E-state index in [0.29, 0.717) is 22.3 Å². The van der Waals surface area contributed by atoms with E-state index < -0.39 is 20.3 Å². The van der Waals surface area contributed by atoms with E-state index in [4.69, 9.17) is 13.5 Å². The van der Waals surface area contributed by atoms with Gasteiger partial charge in [-0.25, -0.2) is 0 Å². The van der Waals surface area contributed by atoms with Gasteiger partial charge < -0.3 is 14.4 Å². The number of rotatable bonds is 8. The minimum absolute atomic E-state index is 0. The van der Waals surface area contributed by atoms with Crippen LogP contribution in [0.3, 0.4) is 0 Å². The van der Waals surface area contributed by atoms with Gasteiger partial charge in [-0.05, 0) is 107 Å². The van der Waals surface area contributed by atoms with Gasteiger partial charge in [0.15, 0.2) is 0 Å². The second-order valence-corrected chi connectivity index (χ2v) is 21.9. The first-order valence-electron chi connectivity index (χ1n) is 22.1. The third kappa shape index (κ3) is 9.61. The molecule has 9 aromatic rings. The molecular weight excluding hydrogens is 937 g/mol. The van der Waals surface area contributed by atoms with Crippen molar-refractivity contribution in [1.29, 1.82) is 0 Å². The molecule has 0 unspecified atom stereocenters. The van der Waals surface area contributed by atoms with E-state index in [0.717, 1.165) is 50.0 Å². The molecule has 0 aliphatic rings. The van der Waals surface area contributed by atoms with Crippen molar-refractivity contribution < 1.29 is 28.6 Å². The van der Waals surface area contributed by atoms with Crippen LogP contribution in [0.2, 0.25) is 19.6 Å². The first-order valence-corrected chi connectivity index (χ1v) is 24.1. The maximum absolute atomic E-state index is 8.79. The van der Waals surface area contributed by atoms with Gasteiger partial charge in [-0.3, -0.25) is 0 Å². The van der Waals surface area contributed by atoms with Gasteiger partial charge in [0.1, 0.15) is 5.58 Å². The van der Waals surface area contributed by atoms with E-state index in [2.05, 4.69) is 106 Å². The molecule has 3 nitrogen and oxygen atoms in total. The van der Waals surface area contributed by atoms with Crippen LogP contribution in [0.25, 0.3) is 66.7 Å². The maximum atomic E-state index is 8.79. The Morgan fingerprint density at radius 1 is 0.672 bits per heavy atom. The van der Waals surface area contributed by atoms with Crippen molar-refractivity contribution in [3.8, 4) is 44.8 Å². The van der Waals surface area contributed by atoms with Gasteiger partial charge >= 0.3 is 0 Å².